The molecular formula is C24H23ClFN5O2. The highest BCUT2D eigenvalue weighted by Crippen LogP contribution is 2.38. The Hall–Kier alpha value is -3.23. The molecule has 33 heavy (non-hydrogen) atoms. The summed E-state index contributed by atoms with van der Waals surface area (Å²) in [7, 11) is 0. The number of fused-ring (bicyclic) bond motifs is 1. The van der Waals surface area contributed by atoms with E-state index < -0.39 is 0 Å². The molecule has 7 nitrogen and oxygen atoms in total. The second kappa shape index (κ2) is 8.61. The number of rotatable bonds is 7. The normalized spacial score (nSPS) is 14.9. The third-order valence-corrected chi connectivity index (χ3v) is 6.67. The summed E-state index contributed by atoms with van der Waals surface area (Å²) in [5.41, 5.74) is 1.16. The van der Waals surface area contributed by atoms with Gasteiger partial charge in [0, 0.05) is 30.0 Å². The summed E-state index contributed by atoms with van der Waals surface area (Å²) in [5, 5.41) is 17.9. The zero-order valence-electron chi connectivity index (χ0n) is 17.8. The number of halogens is 2. The van der Waals surface area contributed by atoms with Crippen molar-refractivity contribution in [2.24, 2.45) is 0 Å². The topological polar surface area (TPSA) is 85.0 Å². The van der Waals surface area contributed by atoms with Crippen molar-refractivity contribution in [3.8, 4) is 5.69 Å². The average Bonchev–Trinajstić information content (AvgIpc) is 3.19. The molecule has 0 amide bonds. The number of aromatic nitrogens is 4. The van der Waals surface area contributed by atoms with Crippen LogP contribution >= 0.6 is 11.6 Å². The SMILES string of the molecule is O=c1c2cnn(Cc3ccccc3F)c2ccn1-c1cc(NC2(CCO)CCC2)ncc1Cl. The first kappa shape index (κ1) is 21.6. The van der Waals surface area contributed by atoms with Crippen LogP contribution < -0.4 is 10.9 Å². The fourth-order valence-corrected chi connectivity index (χ4v) is 4.58. The first-order chi connectivity index (χ1) is 16.0. The quantitative estimate of drug-likeness (QED) is 0.426. The van der Waals surface area contributed by atoms with E-state index in [1.165, 1.54) is 23.0 Å². The number of hydrogen-bond donors (Lipinski definition) is 2. The van der Waals surface area contributed by atoms with Crippen LogP contribution in [-0.2, 0) is 6.54 Å². The van der Waals surface area contributed by atoms with Gasteiger partial charge in [0.2, 0.25) is 0 Å². The maximum absolute atomic E-state index is 14.1. The molecule has 1 aromatic carbocycles. The molecule has 0 aliphatic heterocycles. The lowest BCUT2D eigenvalue weighted by molar-refractivity contribution is 0.189. The van der Waals surface area contributed by atoms with E-state index in [4.69, 9.17) is 11.6 Å². The number of pyridine rings is 2. The maximum atomic E-state index is 14.1. The fourth-order valence-electron chi connectivity index (χ4n) is 4.39. The van der Waals surface area contributed by atoms with Crippen molar-refractivity contribution < 1.29 is 9.50 Å². The third-order valence-electron chi connectivity index (χ3n) is 6.38. The van der Waals surface area contributed by atoms with Crippen LogP contribution in [0.4, 0.5) is 10.2 Å². The van der Waals surface area contributed by atoms with Gasteiger partial charge in [-0.2, -0.15) is 5.10 Å². The molecule has 0 radical (unpaired) electrons. The van der Waals surface area contributed by atoms with Gasteiger partial charge in [-0.1, -0.05) is 29.8 Å². The summed E-state index contributed by atoms with van der Waals surface area (Å²) in [4.78, 5) is 17.7. The van der Waals surface area contributed by atoms with E-state index in [-0.39, 0.29) is 30.1 Å². The number of benzene rings is 1. The third kappa shape index (κ3) is 4.00. The van der Waals surface area contributed by atoms with Crippen LogP contribution in [0.25, 0.3) is 16.6 Å². The Balaban J connectivity index is 1.50. The molecule has 0 unspecified atom stereocenters. The minimum atomic E-state index is -0.316. The van der Waals surface area contributed by atoms with Crippen LogP contribution in [0.2, 0.25) is 5.02 Å². The molecule has 0 saturated heterocycles. The van der Waals surface area contributed by atoms with Crippen LogP contribution in [0, 0.1) is 5.82 Å². The first-order valence-corrected chi connectivity index (χ1v) is 11.2. The molecule has 1 aliphatic rings. The van der Waals surface area contributed by atoms with E-state index in [1.54, 1.807) is 41.2 Å². The number of nitrogens with one attached hydrogen (secondary N) is 1. The second-order valence-electron chi connectivity index (χ2n) is 8.44. The largest absolute Gasteiger partial charge is 0.396 e. The Kier molecular flexibility index (Phi) is 5.64. The van der Waals surface area contributed by atoms with Gasteiger partial charge >= 0.3 is 0 Å². The Bertz CT molecular complexity index is 1380. The number of hydrogen-bond acceptors (Lipinski definition) is 5. The van der Waals surface area contributed by atoms with Gasteiger partial charge in [0.15, 0.2) is 0 Å². The van der Waals surface area contributed by atoms with Crippen molar-refractivity contribution in [3.63, 3.8) is 0 Å². The highest BCUT2D eigenvalue weighted by Gasteiger charge is 2.36. The van der Waals surface area contributed by atoms with Gasteiger partial charge in [0.1, 0.15) is 11.6 Å². The van der Waals surface area contributed by atoms with E-state index >= 15 is 0 Å². The molecule has 3 heterocycles. The van der Waals surface area contributed by atoms with E-state index in [0.717, 1.165) is 19.3 Å². The first-order valence-electron chi connectivity index (χ1n) is 10.9. The van der Waals surface area contributed by atoms with Crippen molar-refractivity contribution in [2.75, 3.05) is 11.9 Å². The van der Waals surface area contributed by atoms with E-state index in [2.05, 4.69) is 15.4 Å². The zero-order chi connectivity index (χ0) is 23.0. The highest BCUT2D eigenvalue weighted by molar-refractivity contribution is 6.32. The minimum Gasteiger partial charge on any atom is -0.396 e. The van der Waals surface area contributed by atoms with E-state index in [0.29, 0.717) is 39.4 Å². The van der Waals surface area contributed by atoms with Crippen LogP contribution in [0.3, 0.4) is 0 Å². The lowest BCUT2D eigenvalue weighted by Gasteiger charge is -2.42. The van der Waals surface area contributed by atoms with Crippen molar-refractivity contribution in [1.82, 2.24) is 19.3 Å². The molecule has 3 aromatic heterocycles. The van der Waals surface area contributed by atoms with Crippen LogP contribution in [0.15, 0.2) is 59.8 Å². The molecule has 2 N–H and O–H groups in total. The summed E-state index contributed by atoms with van der Waals surface area (Å²) >= 11 is 6.41. The number of aliphatic hydroxyl groups excluding tert-OH is 1. The molecule has 1 saturated carbocycles. The molecule has 4 aromatic rings. The Morgan fingerprint density at radius 3 is 2.76 bits per heavy atom. The Morgan fingerprint density at radius 2 is 2.03 bits per heavy atom. The lowest BCUT2D eigenvalue weighted by Crippen LogP contribution is -2.46. The summed E-state index contributed by atoms with van der Waals surface area (Å²) in [6, 6.07) is 10.0. The van der Waals surface area contributed by atoms with Gasteiger partial charge in [-0.3, -0.25) is 14.0 Å². The van der Waals surface area contributed by atoms with E-state index in [1.807, 2.05) is 0 Å². The summed E-state index contributed by atoms with van der Waals surface area (Å²) < 4.78 is 17.1. The molecule has 0 atom stereocenters. The van der Waals surface area contributed by atoms with Gasteiger partial charge in [0.25, 0.3) is 5.56 Å². The highest BCUT2D eigenvalue weighted by atomic mass is 35.5. The van der Waals surface area contributed by atoms with Gasteiger partial charge in [-0.15, -0.1) is 0 Å². The standard InChI is InChI=1S/C24H23ClFN5O2/c25-18-14-27-22(29-24(9-11-32)7-3-8-24)12-21(18)30-10-6-20-17(23(30)33)13-28-31(20)15-16-4-1-2-5-19(16)26/h1-2,4-6,10,12-14,32H,3,7-9,11,15H2,(H,27,29). The van der Waals surface area contributed by atoms with E-state index in [9.17, 15) is 14.3 Å². The van der Waals surface area contributed by atoms with Crippen LogP contribution in [0.1, 0.15) is 31.2 Å². The number of nitrogens with zero attached hydrogens (tertiary/aromatic N) is 4. The maximum Gasteiger partial charge on any atom is 0.266 e. The Labute approximate surface area is 194 Å². The summed E-state index contributed by atoms with van der Waals surface area (Å²) in [6.45, 7) is 0.317. The molecule has 170 valence electrons. The van der Waals surface area contributed by atoms with Crippen molar-refractivity contribution in [3.05, 3.63) is 81.7 Å². The molecule has 9 heteroatoms. The van der Waals surface area contributed by atoms with Gasteiger partial charge in [0.05, 0.1) is 40.6 Å². The predicted octanol–water partition coefficient (Wildman–Crippen LogP) is 4.14. The van der Waals surface area contributed by atoms with Crippen molar-refractivity contribution in [1.29, 1.82) is 0 Å². The molecule has 0 bridgehead atoms. The molecule has 1 fully saturated rings. The van der Waals surface area contributed by atoms with Crippen LogP contribution in [-0.4, -0.2) is 36.6 Å². The summed E-state index contributed by atoms with van der Waals surface area (Å²) in [6.07, 6.45) is 8.31. The fraction of sp³-hybridized carbons (Fsp3) is 0.292. The number of aliphatic hydroxyl groups is 1. The Morgan fingerprint density at radius 1 is 1.21 bits per heavy atom. The second-order valence-corrected chi connectivity index (χ2v) is 8.84. The minimum absolute atomic E-state index is 0.0977. The van der Waals surface area contributed by atoms with Gasteiger partial charge in [-0.25, -0.2) is 9.37 Å². The van der Waals surface area contributed by atoms with Crippen molar-refractivity contribution >= 4 is 28.3 Å². The average molecular weight is 468 g/mol. The zero-order valence-corrected chi connectivity index (χ0v) is 18.6. The monoisotopic (exact) mass is 467 g/mol. The smallest absolute Gasteiger partial charge is 0.266 e. The molecule has 1 aliphatic carbocycles. The van der Waals surface area contributed by atoms with Gasteiger partial charge in [-0.05, 0) is 37.8 Å². The summed E-state index contributed by atoms with van der Waals surface area (Å²) in [5.74, 6) is 0.285. The van der Waals surface area contributed by atoms with Crippen molar-refractivity contribution in [2.45, 2.75) is 37.8 Å². The lowest BCUT2D eigenvalue weighted by atomic mass is 9.74. The molecule has 5 rings (SSSR count). The predicted molar refractivity (Wildman–Crippen MR) is 126 cm³/mol. The van der Waals surface area contributed by atoms with Crippen LogP contribution in [0.5, 0.6) is 0 Å². The molecule has 0 spiro atoms. The van der Waals surface area contributed by atoms with Gasteiger partial charge < -0.3 is 10.4 Å². The number of anilines is 1. The molecular weight excluding hydrogens is 445 g/mol.